The van der Waals surface area contributed by atoms with Gasteiger partial charge in [-0.15, -0.1) is 0 Å². The molecule has 1 heterocycles. The highest BCUT2D eigenvalue weighted by Gasteiger charge is 2.19. The molecule has 1 unspecified atom stereocenters. The third kappa shape index (κ3) is 3.99. The molecule has 0 spiro atoms. The fraction of sp³-hybridized carbons (Fsp3) is 0.231. The minimum absolute atomic E-state index is 0.0309. The summed E-state index contributed by atoms with van der Waals surface area (Å²) in [7, 11) is -2.00. The van der Waals surface area contributed by atoms with Crippen LogP contribution in [0.25, 0.3) is 0 Å². The van der Waals surface area contributed by atoms with E-state index in [1.807, 2.05) is 24.3 Å². The summed E-state index contributed by atoms with van der Waals surface area (Å²) >= 11 is 3.37. The summed E-state index contributed by atoms with van der Waals surface area (Å²) in [5, 5.41) is 2.74. The van der Waals surface area contributed by atoms with Gasteiger partial charge in [-0.2, -0.15) is 0 Å². The maximum atomic E-state index is 12.3. The van der Waals surface area contributed by atoms with Crippen molar-refractivity contribution >= 4 is 31.9 Å². The Morgan fingerprint density at radius 2 is 1.90 bits per heavy atom. The first kappa shape index (κ1) is 15.9. The lowest BCUT2D eigenvalue weighted by Gasteiger charge is -2.14. The molecule has 0 fully saturated rings. The van der Waals surface area contributed by atoms with E-state index in [2.05, 4.69) is 35.9 Å². The maximum absolute atomic E-state index is 12.3. The summed E-state index contributed by atoms with van der Waals surface area (Å²) in [6.07, 6.45) is 2.55. The highest BCUT2D eigenvalue weighted by atomic mass is 79.9. The molecule has 2 aromatic rings. The van der Waals surface area contributed by atoms with E-state index in [1.165, 1.54) is 12.4 Å². The third-order valence-electron chi connectivity index (χ3n) is 2.84. The Morgan fingerprint density at radius 1 is 1.24 bits per heavy atom. The van der Waals surface area contributed by atoms with Gasteiger partial charge in [0.2, 0.25) is 16.0 Å². The number of anilines is 1. The molecule has 21 heavy (non-hydrogen) atoms. The van der Waals surface area contributed by atoms with Gasteiger partial charge < -0.3 is 5.32 Å². The van der Waals surface area contributed by atoms with Crippen molar-refractivity contribution in [3.05, 3.63) is 46.7 Å². The van der Waals surface area contributed by atoms with Crippen LogP contribution in [-0.4, -0.2) is 25.4 Å². The van der Waals surface area contributed by atoms with E-state index in [9.17, 15) is 8.42 Å². The molecule has 0 bridgehead atoms. The Hall–Kier alpha value is -1.51. The minimum atomic E-state index is -3.66. The normalized spacial score (nSPS) is 12.9. The highest BCUT2D eigenvalue weighted by molar-refractivity contribution is 9.10. The van der Waals surface area contributed by atoms with Crippen LogP contribution in [0.15, 0.2) is 46.0 Å². The van der Waals surface area contributed by atoms with Gasteiger partial charge in [-0.05, 0) is 24.6 Å². The number of nitrogens with zero attached hydrogens (tertiary/aromatic N) is 2. The van der Waals surface area contributed by atoms with E-state index in [4.69, 9.17) is 0 Å². The molecular formula is C13H15BrN4O2S. The van der Waals surface area contributed by atoms with Crippen LogP contribution < -0.4 is 10.0 Å². The van der Waals surface area contributed by atoms with Gasteiger partial charge in [-0.3, -0.25) is 0 Å². The Kier molecular flexibility index (Phi) is 4.92. The summed E-state index contributed by atoms with van der Waals surface area (Å²) in [5.41, 5.74) is 0.862. The zero-order valence-electron chi connectivity index (χ0n) is 11.5. The molecule has 0 saturated carbocycles. The summed E-state index contributed by atoms with van der Waals surface area (Å²) < 4.78 is 28.1. The topological polar surface area (TPSA) is 84.0 Å². The predicted octanol–water partition coefficient (Wildman–Crippen LogP) is 2.32. The van der Waals surface area contributed by atoms with Crippen LogP contribution in [0.5, 0.6) is 0 Å². The van der Waals surface area contributed by atoms with E-state index in [0.29, 0.717) is 5.95 Å². The van der Waals surface area contributed by atoms with Gasteiger partial charge in [0.05, 0.1) is 12.4 Å². The van der Waals surface area contributed by atoms with Gasteiger partial charge in [0.1, 0.15) is 4.90 Å². The average molecular weight is 371 g/mol. The van der Waals surface area contributed by atoms with Crippen molar-refractivity contribution in [2.45, 2.75) is 17.9 Å². The van der Waals surface area contributed by atoms with Crippen molar-refractivity contribution in [2.24, 2.45) is 0 Å². The summed E-state index contributed by atoms with van der Waals surface area (Å²) in [6, 6.07) is 7.10. The minimum Gasteiger partial charge on any atom is -0.357 e. The van der Waals surface area contributed by atoms with Crippen LogP contribution in [0.2, 0.25) is 0 Å². The SMILES string of the molecule is CNc1ncc(S(=O)(=O)NC(C)c2cccc(Br)c2)cn1. The molecule has 112 valence electrons. The van der Waals surface area contributed by atoms with Crippen LogP contribution in [0.3, 0.4) is 0 Å². The van der Waals surface area contributed by atoms with Gasteiger partial charge in [0.15, 0.2) is 0 Å². The molecule has 0 aliphatic carbocycles. The second kappa shape index (κ2) is 6.50. The molecule has 0 amide bonds. The molecule has 0 aliphatic heterocycles. The first-order valence-electron chi connectivity index (χ1n) is 6.20. The Morgan fingerprint density at radius 3 is 2.48 bits per heavy atom. The zero-order valence-corrected chi connectivity index (χ0v) is 13.9. The van der Waals surface area contributed by atoms with Crippen LogP contribution >= 0.6 is 15.9 Å². The van der Waals surface area contributed by atoms with Gasteiger partial charge >= 0.3 is 0 Å². The molecule has 6 nitrogen and oxygen atoms in total. The number of halogens is 1. The number of hydrogen-bond donors (Lipinski definition) is 2. The van der Waals surface area contributed by atoms with E-state index < -0.39 is 10.0 Å². The fourth-order valence-electron chi connectivity index (χ4n) is 1.73. The van der Waals surface area contributed by atoms with Crippen LogP contribution in [-0.2, 0) is 10.0 Å². The Balaban J connectivity index is 2.20. The van der Waals surface area contributed by atoms with Crippen molar-refractivity contribution in [1.29, 1.82) is 0 Å². The van der Waals surface area contributed by atoms with Gasteiger partial charge in [-0.1, -0.05) is 28.1 Å². The summed E-state index contributed by atoms with van der Waals surface area (Å²) in [6.45, 7) is 1.78. The molecule has 1 atom stereocenters. The first-order chi connectivity index (χ1) is 9.92. The third-order valence-corrected chi connectivity index (χ3v) is 4.83. The van der Waals surface area contributed by atoms with Crippen LogP contribution in [0.4, 0.5) is 5.95 Å². The second-order valence-corrected chi connectivity index (χ2v) is 7.02. The van der Waals surface area contributed by atoms with Gasteiger partial charge in [0, 0.05) is 17.6 Å². The number of sulfonamides is 1. The lowest BCUT2D eigenvalue weighted by Crippen LogP contribution is -2.27. The molecule has 0 radical (unpaired) electrons. The van der Waals surface area contributed by atoms with Crippen molar-refractivity contribution in [1.82, 2.24) is 14.7 Å². The first-order valence-corrected chi connectivity index (χ1v) is 8.47. The van der Waals surface area contributed by atoms with Gasteiger partial charge in [0.25, 0.3) is 0 Å². The number of rotatable bonds is 5. The molecular weight excluding hydrogens is 356 g/mol. The second-order valence-electron chi connectivity index (χ2n) is 4.39. The monoisotopic (exact) mass is 370 g/mol. The molecule has 2 N–H and O–H groups in total. The number of aromatic nitrogens is 2. The molecule has 1 aromatic heterocycles. The van der Waals surface area contributed by atoms with Crippen LogP contribution in [0, 0.1) is 0 Å². The standard InChI is InChI=1S/C13H15BrN4O2S/c1-9(10-4-3-5-11(14)6-10)18-21(19,20)12-7-16-13(15-2)17-8-12/h3-9,18H,1-2H3,(H,15,16,17). The maximum Gasteiger partial charge on any atom is 0.244 e. The number of hydrogen-bond acceptors (Lipinski definition) is 5. The smallest absolute Gasteiger partial charge is 0.244 e. The van der Waals surface area contributed by atoms with Crippen LogP contribution in [0.1, 0.15) is 18.5 Å². The Labute approximate surface area is 132 Å². The van der Waals surface area contributed by atoms with Crippen molar-refractivity contribution in [3.63, 3.8) is 0 Å². The van der Waals surface area contributed by atoms with E-state index in [0.717, 1.165) is 10.0 Å². The Bertz CT molecular complexity index is 719. The predicted molar refractivity (Wildman–Crippen MR) is 84.5 cm³/mol. The zero-order chi connectivity index (χ0) is 15.5. The van der Waals surface area contributed by atoms with Crippen molar-refractivity contribution in [2.75, 3.05) is 12.4 Å². The van der Waals surface area contributed by atoms with Crippen molar-refractivity contribution in [3.8, 4) is 0 Å². The largest absolute Gasteiger partial charge is 0.357 e. The molecule has 0 saturated heterocycles. The lowest BCUT2D eigenvalue weighted by atomic mass is 10.1. The lowest BCUT2D eigenvalue weighted by molar-refractivity contribution is 0.566. The molecule has 2 rings (SSSR count). The van der Waals surface area contributed by atoms with Gasteiger partial charge in [-0.25, -0.2) is 23.1 Å². The molecule has 8 heteroatoms. The number of benzene rings is 1. The van der Waals surface area contributed by atoms with E-state index in [1.54, 1.807) is 14.0 Å². The molecule has 1 aromatic carbocycles. The highest BCUT2D eigenvalue weighted by Crippen LogP contribution is 2.20. The van der Waals surface area contributed by atoms with Crippen molar-refractivity contribution < 1.29 is 8.42 Å². The summed E-state index contributed by atoms with van der Waals surface area (Å²) in [4.78, 5) is 7.85. The van der Waals surface area contributed by atoms with E-state index in [-0.39, 0.29) is 10.9 Å². The molecule has 0 aliphatic rings. The quantitative estimate of drug-likeness (QED) is 0.843. The fourth-order valence-corrected chi connectivity index (χ4v) is 3.27. The summed E-state index contributed by atoms with van der Waals surface area (Å²) in [5.74, 6) is 0.369. The van der Waals surface area contributed by atoms with E-state index >= 15 is 0 Å². The average Bonchev–Trinajstić information content (AvgIpc) is 2.47. The number of nitrogens with one attached hydrogen (secondary N) is 2.